The number of thiazole rings is 1. The van der Waals surface area contributed by atoms with Crippen molar-refractivity contribution in [2.45, 2.75) is 32.2 Å². The summed E-state index contributed by atoms with van der Waals surface area (Å²) in [4.78, 5) is 22.0. The van der Waals surface area contributed by atoms with E-state index >= 15 is 0 Å². The molecule has 1 aliphatic rings. The summed E-state index contributed by atoms with van der Waals surface area (Å²) in [7, 11) is 0. The summed E-state index contributed by atoms with van der Waals surface area (Å²) in [5, 5.41) is 5.45. The van der Waals surface area contributed by atoms with Crippen LogP contribution in [0, 0.1) is 6.92 Å². The number of carbonyl (C=O) groups excluding carboxylic acids is 1. The number of aromatic nitrogens is 2. The number of amides is 1. The predicted molar refractivity (Wildman–Crippen MR) is 114 cm³/mol. The number of nitrogens with one attached hydrogen (secondary N) is 2. The number of aromatic amines is 1. The molecule has 1 amide bonds. The third kappa shape index (κ3) is 2.92. The topological polar surface area (TPSA) is 57.8 Å². The quantitative estimate of drug-likeness (QED) is 0.494. The lowest BCUT2D eigenvalue weighted by Crippen LogP contribution is -2.30. The van der Waals surface area contributed by atoms with Gasteiger partial charge in [0.2, 0.25) is 0 Å². The Balaban J connectivity index is 1.48. The molecule has 4 aromatic rings. The lowest BCUT2D eigenvalue weighted by molar-refractivity contribution is 0.0936. The van der Waals surface area contributed by atoms with Crippen LogP contribution < -0.4 is 5.32 Å². The van der Waals surface area contributed by atoms with E-state index in [9.17, 15) is 4.79 Å². The first-order valence-electron chi connectivity index (χ1n) is 9.64. The largest absolute Gasteiger partial charge is 0.356 e. The lowest BCUT2D eigenvalue weighted by Gasteiger charge is -2.23. The van der Waals surface area contributed by atoms with E-state index in [-0.39, 0.29) is 11.9 Å². The van der Waals surface area contributed by atoms with Crippen LogP contribution in [0.15, 0.2) is 54.6 Å². The van der Waals surface area contributed by atoms with E-state index in [0.29, 0.717) is 4.88 Å². The maximum absolute atomic E-state index is 13.2. The molecule has 1 unspecified atom stereocenters. The molecule has 5 heteroatoms. The average molecular weight is 388 g/mol. The Hall–Kier alpha value is -2.92. The van der Waals surface area contributed by atoms with Crippen LogP contribution in [-0.2, 0) is 6.42 Å². The summed E-state index contributed by atoms with van der Waals surface area (Å²) in [6, 6.07) is 18.3. The Morgan fingerprint density at radius 3 is 2.79 bits per heavy atom. The summed E-state index contributed by atoms with van der Waals surface area (Å²) >= 11 is 1.46. The molecule has 28 heavy (non-hydrogen) atoms. The van der Waals surface area contributed by atoms with Crippen LogP contribution in [0.25, 0.3) is 22.2 Å². The Morgan fingerprint density at radius 1 is 1.14 bits per heavy atom. The highest BCUT2D eigenvalue weighted by atomic mass is 32.1. The normalized spacial score (nSPS) is 16.1. The first-order chi connectivity index (χ1) is 13.7. The standard InChI is InChI=1S/C23H21N3OS/c1-14-24-20(15-8-3-2-4-9-15)22(28-14)23(27)26-19-13-7-11-17-16-10-5-6-12-18(16)25-21(17)19/h2-6,8-10,12,19,25H,7,11,13H2,1H3,(H,26,27). The highest BCUT2D eigenvalue weighted by molar-refractivity contribution is 7.14. The molecule has 0 radical (unpaired) electrons. The van der Waals surface area contributed by atoms with E-state index in [2.05, 4.69) is 33.5 Å². The second kappa shape index (κ2) is 6.91. The van der Waals surface area contributed by atoms with Gasteiger partial charge >= 0.3 is 0 Å². The summed E-state index contributed by atoms with van der Waals surface area (Å²) in [5.41, 5.74) is 5.40. The van der Waals surface area contributed by atoms with Gasteiger partial charge in [-0.1, -0.05) is 48.5 Å². The Labute approximate surface area is 167 Å². The van der Waals surface area contributed by atoms with Gasteiger partial charge < -0.3 is 10.3 Å². The molecule has 4 nitrogen and oxygen atoms in total. The molecule has 0 saturated carbocycles. The number of fused-ring (bicyclic) bond motifs is 3. The fraction of sp³-hybridized carbons (Fsp3) is 0.217. The van der Waals surface area contributed by atoms with Crippen LogP contribution in [0.5, 0.6) is 0 Å². The molecule has 5 rings (SSSR count). The zero-order valence-electron chi connectivity index (χ0n) is 15.7. The average Bonchev–Trinajstić information content (AvgIpc) is 3.30. The maximum atomic E-state index is 13.2. The number of nitrogens with zero attached hydrogens (tertiary/aromatic N) is 1. The van der Waals surface area contributed by atoms with Crippen molar-refractivity contribution in [3.8, 4) is 11.3 Å². The van der Waals surface area contributed by atoms with Crippen molar-refractivity contribution in [2.24, 2.45) is 0 Å². The molecular weight excluding hydrogens is 366 g/mol. The van der Waals surface area contributed by atoms with Gasteiger partial charge in [-0.2, -0.15) is 0 Å². The van der Waals surface area contributed by atoms with Crippen LogP contribution in [0.3, 0.4) is 0 Å². The molecule has 2 aromatic carbocycles. The molecule has 140 valence electrons. The summed E-state index contributed by atoms with van der Waals surface area (Å²) in [6.45, 7) is 1.95. The minimum Gasteiger partial charge on any atom is -0.356 e. The molecule has 2 N–H and O–H groups in total. The number of para-hydroxylation sites is 1. The van der Waals surface area contributed by atoms with Gasteiger partial charge in [0.05, 0.1) is 16.7 Å². The molecule has 0 saturated heterocycles. The molecule has 0 bridgehead atoms. The van der Waals surface area contributed by atoms with Crippen LogP contribution in [0.2, 0.25) is 0 Å². The number of rotatable bonds is 3. The van der Waals surface area contributed by atoms with E-state index in [1.165, 1.54) is 22.3 Å². The smallest absolute Gasteiger partial charge is 0.264 e. The zero-order chi connectivity index (χ0) is 19.1. The lowest BCUT2D eigenvalue weighted by atomic mass is 9.91. The number of aryl methyl sites for hydroxylation is 2. The number of carbonyl (C=O) groups is 1. The van der Waals surface area contributed by atoms with Crippen LogP contribution in [0.1, 0.15) is 44.8 Å². The highest BCUT2D eigenvalue weighted by Gasteiger charge is 2.27. The van der Waals surface area contributed by atoms with Crippen LogP contribution >= 0.6 is 11.3 Å². The summed E-state index contributed by atoms with van der Waals surface area (Å²) in [5.74, 6) is -0.0408. The van der Waals surface area contributed by atoms with E-state index in [1.807, 2.05) is 43.3 Å². The van der Waals surface area contributed by atoms with Crippen molar-refractivity contribution in [1.29, 1.82) is 0 Å². The van der Waals surface area contributed by atoms with Gasteiger partial charge in [0.15, 0.2) is 0 Å². The molecule has 1 atom stereocenters. The molecule has 1 aliphatic carbocycles. The third-order valence-corrected chi connectivity index (χ3v) is 6.38. The van der Waals surface area contributed by atoms with E-state index in [0.717, 1.165) is 46.7 Å². The Morgan fingerprint density at radius 2 is 1.93 bits per heavy atom. The van der Waals surface area contributed by atoms with Gasteiger partial charge in [-0.15, -0.1) is 11.3 Å². The number of H-pyrrole nitrogens is 1. The first kappa shape index (κ1) is 17.2. The fourth-order valence-electron chi connectivity index (χ4n) is 4.16. The van der Waals surface area contributed by atoms with Crippen molar-refractivity contribution < 1.29 is 4.79 Å². The zero-order valence-corrected chi connectivity index (χ0v) is 16.5. The number of benzene rings is 2. The second-order valence-corrected chi connectivity index (χ2v) is 8.46. The van der Waals surface area contributed by atoms with Crippen molar-refractivity contribution >= 4 is 28.1 Å². The SMILES string of the molecule is Cc1nc(-c2ccccc2)c(C(=O)NC2CCCc3c2[nH]c2ccccc32)s1. The van der Waals surface area contributed by atoms with Crippen molar-refractivity contribution in [1.82, 2.24) is 15.3 Å². The second-order valence-electron chi connectivity index (χ2n) is 7.26. The van der Waals surface area contributed by atoms with Gasteiger partial charge in [0.1, 0.15) is 4.88 Å². The molecular formula is C23H21N3OS. The van der Waals surface area contributed by atoms with E-state index < -0.39 is 0 Å². The Kier molecular flexibility index (Phi) is 4.24. The van der Waals surface area contributed by atoms with Crippen molar-refractivity contribution in [3.63, 3.8) is 0 Å². The van der Waals surface area contributed by atoms with Crippen LogP contribution in [0.4, 0.5) is 0 Å². The van der Waals surface area contributed by atoms with E-state index in [1.54, 1.807) is 0 Å². The number of hydrogen-bond acceptors (Lipinski definition) is 3. The highest BCUT2D eigenvalue weighted by Crippen LogP contribution is 2.35. The third-order valence-electron chi connectivity index (χ3n) is 5.41. The number of hydrogen-bond donors (Lipinski definition) is 2. The fourth-order valence-corrected chi connectivity index (χ4v) is 5.00. The van der Waals surface area contributed by atoms with Crippen LogP contribution in [-0.4, -0.2) is 15.9 Å². The first-order valence-corrected chi connectivity index (χ1v) is 10.5. The maximum Gasteiger partial charge on any atom is 0.264 e. The van der Waals surface area contributed by atoms with Gasteiger partial charge in [-0.05, 0) is 37.8 Å². The minimum absolute atomic E-state index is 0.00896. The van der Waals surface area contributed by atoms with Gasteiger partial charge in [-0.3, -0.25) is 4.79 Å². The molecule has 0 fully saturated rings. The summed E-state index contributed by atoms with van der Waals surface area (Å²) in [6.07, 6.45) is 3.08. The molecule has 2 aromatic heterocycles. The Bertz CT molecular complexity index is 1160. The van der Waals surface area contributed by atoms with Gasteiger partial charge in [-0.25, -0.2) is 4.98 Å². The van der Waals surface area contributed by atoms with Gasteiger partial charge in [0.25, 0.3) is 5.91 Å². The van der Waals surface area contributed by atoms with E-state index in [4.69, 9.17) is 0 Å². The molecule has 0 aliphatic heterocycles. The van der Waals surface area contributed by atoms with Crippen molar-refractivity contribution in [3.05, 3.63) is 75.7 Å². The predicted octanol–water partition coefficient (Wildman–Crippen LogP) is 5.41. The van der Waals surface area contributed by atoms with Gasteiger partial charge in [0, 0.05) is 22.2 Å². The van der Waals surface area contributed by atoms with Crippen molar-refractivity contribution in [2.75, 3.05) is 0 Å². The minimum atomic E-state index is -0.0408. The monoisotopic (exact) mass is 387 g/mol. The molecule has 0 spiro atoms. The molecule has 2 heterocycles. The summed E-state index contributed by atoms with van der Waals surface area (Å²) < 4.78 is 0.